The molecule has 8 heteroatoms. The Kier molecular flexibility index (Phi) is 7.17. The van der Waals surface area contributed by atoms with E-state index in [1.807, 2.05) is 13.0 Å². The Hall–Kier alpha value is -2.95. The minimum atomic E-state index is -4.54. The molecular weight excluding hydrogens is 432 g/mol. The quantitative estimate of drug-likeness (QED) is 0.336. The number of alkyl halides is 2. The van der Waals surface area contributed by atoms with E-state index in [1.165, 1.54) is 6.07 Å². The van der Waals surface area contributed by atoms with Gasteiger partial charge in [0, 0.05) is 12.1 Å². The number of benzene rings is 2. The first kappa shape index (κ1) is 23.7. The van der Waals surface area contributed by atoms with Crippen molar-refractivity contribution in [1.82, 2.24) is 0 Å². The largest absolute Gasteiger partial charge is 0.432 e. The molecule has 0 heterocycles. The molecule has 0 amide bonds. The Morgan fingerprint density at radius 2 is 1.53 bits per heavy atom. The van der Waals surface area contributed by atoms with Crippen LogP contribution < -0.4 is 4.74 Å². The maximum absolute atomic E-state index is 14.6. The van der Waals surface area contributed by atoms with E-state index < -0.39 is 46.3 Å². The highest BCUT2D eigenvalue weighted by Gasteiger charge is 2.42. The van der Waals surface area contributed by atoms with Gasteiger partial charge in [0.1, 0.15) is 46.2 Å². The van der Waals surface area contributed by atoms with Crippen molar-refractivity contribution in [3.05, 3.63) is 76.4 Å². The van der Waals surface area contributed by atoms with Gasteiger partial charge >= 0.3 is 6.11 Å². The van der Waals surface area contributed by atoms with Crippen LogP contribution in [0.5, 0.6) is 5.75 Å². The maximum Gasteiger partial charge on any atom is 0.432 e. The van der Waals surface area contributed by atoms with Crippen molar-refractivity contribution in [1.29, 1.82) is 5.26 Å². The first-order valence-corrected chi connectivity index (χ1v) is 10.2. The van der Waals surface area contributed by atoms with Crippen molar-refractivity contribution in [2.75, 3.05) is 0 Å². The Balaban J connectivity index is 1.81. The van der Waals surface area contributed by atoms with Crippen molar-refractivity contribution >= 4 is 0 Å². The van der Waals surface area contributed by atoms with E-state index in [0.717, 1.165) is 31.4 Å². The zero-order valence-electron chi connectivity index (χ0n) is 17.3. The van der Waals surface area contributed by atoms with Crippen molar-refractivity contribution < 1.29 is 31.1 Å². The van der Waals surface area contributed by atoms with Gasteiger partial charge in [-0.3, -0.25) is 0 Å². The monoisotopic (exact) mass is 453 g/mol. The van der Waals surface area contributed by atoms with Crippen LogP contribution >= 0.6 is 0 Å². The van der Waals surface area contributed by atoms with Gasteiger partial charge in [-0.2, -0.15) is 14.0 Å². The molecule has 2 nitrogen and oxygen atoms in total. The highest BCUT2D eigenvalue weighted by Crippen LogP contribution is 2.41. The van der Waals surface area contributed by atoms with Crippen molar-refractivity contribution in [3.63, 3.8) is 0 Å². The van der Waals surface area contributed by atoms with E-state index >= 15 is 0 Å². The lowest BCUT2D eigenvalue weighted by atomic mass is 9.77. The first-order valence-electron chi connectivity index (χ1n) is 10.2. The normalized spacial score (nSPS) is 19.2. The minimum absolute atomic E-state index is 0.147. The topological polar surface area (TPSA) is 33.0 Å². The average Bonchev–Trinajstić information content (AvgIpc) is 2.71. The smallest absolute Gasteiger partial charge is 0.429 e. The van der Waals surface area contributed by atoms with Crippen LogP contribution in [0.15, 0.2) is 36.4 Å². The summed E-state index contributed by atoms with van der Waals surface area (Å²) in [6, 6.07) is 3.68. The van der Waals surface area contributed by atoms with E-state index in [-0.39, 0.29) is 5.92 Å². The molecule has 0 saturated heterocycles. The molecule has 32 heavy (non-hydrogen) atoms. The minimum Gasteiger partial charge on any atom is -0.429 e. The molecule has 0 N–H and O–H groups in total. The summed E-state index contributed by atoms with van der Waals surface area (Å²) in [6.45, 7) is 1.94. The van der Waals surface area contributed by atoms with E-state index in [9.17, 15) is 26.3 Å². The maximum atomic E-state index is 14.6. The fourth-order valence-electron chi connectivity index (χ4n) is 4.08. The lowest BCUT2D eigenvalue weighted by Gasteiger charge is -2.29. The van der Waals surface area contributed by atoms with Gasteiger partial charge in [-0.1, -0.05) is 12.2 Å². The van der Waals surface area contributed by atoms with Gasteiger partial charge in [-0.05, 0) is 68.6 Å². The van der Waals surface area contributed by atoms with Gasteiger partial charge in [0.2, 0.25) is 0 Å². The molecule has 2 aromatic carbocycles. The molecule has 0 spiro atoms. The molecule has 1 fully saturated rings. The number of nitrogens with zero attached hydrogens (tertiary/aromatic N) is 1. The number of hydrogen-bond donors (Lipinski definition) is 0. The molecule has 0 bridgehead atoms. The summed E-state index contributed by atoms with van der Waals surface area (Å²) in [5, 5.41) is 8.64. The summed E-state index contributed by atoms with van der Waals surface area (Å²) >= 11 is 0. The third-order valence-electron chi connectivity index (χ3n) is 5.75. The summed E-state index contributed by atoms with van der Waals surface area (Å²) in [6.07, 6.45) is 3.57. The summed E-state index contributed by atoms with van der Waals surface area (Å²) in [7, 11) is 0. The third-order valence-corrected chi connectivity index (χ3v) is 5.75. The van der Waals surface area contributed by atoms with E-state index in [0.29, 0.717) is 36.5 Å². The molecule has 170 valence electrons. The zero-order chi connectivity index (χ0) is 23.5. The third kappa shape index (κ3) is 5.09. The number of halogens is 6. The number of nitriles is 1. The van der Waals surface area contributed by atoms with Crippen LogP contribution in [-0.4, -0.2) is 0 Å². The second-order valence-corrected chi connectivity index (χ2v) is 7.87. The molecule has 1 aliphatic rings. The lowest BCUT2D eigenvalue weighted by Crippen LogP contribution is -2.26. The highest BCUT2D eigenvalue weighted by molar-refractivity contribution is 5.39. The molecule has 0 unspecified atom stereocenters. The summed E-state index contributed by atoms with van der Waals surface area (Å²) in [5.41, 5.74) is -2.34. The molecule has 1 saturated carbocycles. The van der Waals surface area contributed by atoms with Gasteiger partial charge in [0.15, 0.2) is 0 Å². The second kappa shape index (κ2) is 9.68. The average molecular weight is 453 g/mol. The van der Waals surface area contributed by atoms with Gasteiger partial charge in [0.25, 0.3) is 0 Å². The Morgan fingerprint density at radius 3 is 2.03 bits per heavy atom. The number of allylic oxidation sites excluding steroid dienone is 2. The summed E-state index contributed by atoms with van der Waals surface area (Å²) < 4.78 is 89.8. The number of rotatable bonds is 6. The highest BCUT2D eigenvalue weighted by atomic mass is 19.3. The van der Waals surface area contributed by atoms with Gasteiger partial charge < -0.3 is 4.74 Å². The van der Waals surface area contributed by atoms with Crippen LogP contribution in [0.4, 0.5) is 26.3 Å². The zero-order valence-corrected chi connectivity index (χ0v) is 17.3. The van der Waals surface area contributed by atoms with Gasteiger partial charge in [-0.15, -0.1) is 0 Å². The first-order chi connectivity index (χ1) is 15.2. The molecular formula is C24H21F6NO. The van der Waals surface area contributed by atoms with E-state index in [1.54, 1.807) is 0 Å². The van der Waals surface area contributed by atoms with Crippen molar-refractivity contribution in [3.8, 4) is 11.8 Å². The number of hydrogen-bond acceptors (Lipinski definition) is 2. The summed E-state index contributed by atoms with van der Waals surface area (Å²) in [4.78, 5) is 0. The van der Waals surface area contributed by atoms with Crippen LogP contribution in [0.3, 0.4) is 0 Å². The van der Waals surface area contributed by atoms with Crippen LogP contribution in [0.25, 0.3) is 0 Å². The van der Waals surface area contributed by atoms with Crippen LogP contribution in [0, 0.1) is 40.5 Å². The van der Waals surface area contributed by atoms with Crippen molar-refractivity contribution in [2.24, 2.45) is 5.92 Å². The molecule has 1 aliphatic carbocycles. The predicted octanol–water partition coefficient (Wildman–Crippen LogP) is 7.48. The standard InChI is InChI=1S/C24H21F6NO/c1-2-3-4-14-5-7-15(8-6-14)16-9-21(27)23(22(28)10-16)24(29,30)32-17-11-19(25)18(13-31)20(26)12-17/h2-3,9-12,14-15H,4-8H2,1H3/b3-2-. The fraction of sp³-hybridized carbons (Fsp3) is 0.375. The van der Waals surface area contributed by atoms with Crippen LogP contribution in [-0.2, 0) is 6.11 Å². The Bertz CT molecular complexity index is 1000. The Morgan fingerprint density at radius 1 is 0.969 bits per heavy atom. The van der Waals surface area contributed by atoms with E-state index in [2.05, 4.69) is 10.8 Å². The van der Waals surface area contributed by atoms with Crippen LogP contribution in [0.2, 0.25) is 0 Å². The number of ether oxygens (including phenoxy) is 1. The molecule has 3 rings (SSSR count). The Labute approximate surface area is 182 Å². The second-order valence-electron chi connectivity index (χ2n) is 7.87. The molecule has 0 atom stereocenters. The molecule has 2 aromatic rings. The summed E-state index contributed by atoms with van der Waals surface area (Å²) in [5.74, 6) is -6.54. The lowest BCUT2D eigenvalue weighted by molar-refractivity contribution is -0.189. The molecule has 0 aromatic heterocycles. The molecule has 0 aliphatic heterocycles. The van der Waals surface area contributed by atoms with E-state index in [4.69, 9.17) is 5.26 Å². The van der Waals surface area contributed by atoms with Gasteiger partial charge in [-0.25, -0.2) is 17.6 Å². The SMILES string of the molecule is C/C=C\CC1CCC(c2cc(F)c(C(F)(F)Oc3cc(F)c(C#N)c(F)c3)c(F)c2)CC1. The van der Waals surface area contributed by atoms with Crippen LogP contribution in [0.1, 0.15) is 61.6 Å². The predicted molar refractivity (Wildman–Crippen MR) is 106 cm³/mol. The fourth-order valence-corrected chi connectivity index (χ4v) is 4.08. The molecule has 0 radical (unpaired) electrons. The van der Waals surface area contributed by atoms with Crippen molar-refractivity contribution in [2.45, 2.75) is 51.1 Å². The van der Waals surface area contributed by atoms with Gasteiger partial charge in [0.05, 0.1) is 0 Å².